The Morgan fingerprint density at radius 3 is 2.70 bits per heavy atom. The van der Waals surface area contributed by atoms with Crippen molar-refractivity contribution >= 4 is 5.97 Å². The van der Waals surface area contributed by atoms with E-state index in [1.165, 1.54) is 20.1 Å². The third kappa shape index (κ3) is 2.41. The molecular weight excluding hydrogens is 316 g/mol. The molecule has 2 aliphatic rings. The van der Waals surface area contributed by atoms with Gasteiger partial charge in [-0.1, -0.05) is 6.07 Å². The second-order valence-corrected chi connectivity index (χ2v) is 6.11. The van der Waals surface area contributed by atoms with E-state index in [1.54, 1.807) is 0 Å². The molecule has 1 aromatic rings. The molecular formula is C16H16F4O3. The highest BCUT2D eigenvalue weighted by atomic mass is 19.3. The molecule has 3 rings (SSSR count). The molecule has 2 fully saturated rings. The van der Waals surface area contributed by atoms with Crippen molar-refractivity contribution in [2.45, 2.75) is 31.3 Å². The summed E-state index contributed by atoms with van der Waals surface area (Å²) in [5.74, 6) is -8.54. The number of benzene rings is 1. The molecule has 0 aromatic heterocycles. The van der Waals surface area contributed by atoms with Gasteiger partial charge in [-0.15, -0.1) is 0 Å². The normalized spacial score (nSPS) is 31.9. The molecule has 1 aliphatic carbocycles. The van der Waals surface area contributed by atoms with Gasteiger partial charge in [-0.25, -0.2) is 17.6 Å². The number of esters is 1. The maximum atomic E-state index is 14.0. The summed E-state index contributed by atoms with van der Waals surface area (Å²) in [6.07, 6.45) is -1.02. The molecule has 1 heterocycles. The van der Waals surface area contributed by atoms with Crippen molar-refractivity contribution in [3.05, 3.63) is 34.9 Å². The van der Waals surface area contributed by atoms with Crippen molar-refractivity contribution in [2.75, 3.05) is 13.7 Å². The summed E-state index contributed by atoms with van der Waals surface area (Å²) in [5, 5.41) is 0. The van der Waals surface area contributed by atoms with Gasteiger partial charge in [0.1, 0.15) is 6.61 Å². The van der Waals surface area contributed by atoms with Crippen LogP contribution in [-0.2, 0) is 14.3 Å². The Bertz CT molecular complexity index is 646. The molecule has 1 aromatic carbocycles. The van der Waals surface area contributed by atoms with Gasteiger partial charge in [0, 0.05) is 5.92 Å². The van der Waals surface area contributed by atoms with Gasteiger partial charge in [0.25, 0.3) is 5.92 Å². The minimum atomic E-state index is -3.04. The molecule has 4 atom stereocenters. The van der Waals surface area contributed by atoms with Crippen molar-refractivity contribution in [3.63, 3.8) is 0 Å². The van der Waals surface area contributed by atoms with Gasteiger partial charge in [-0.05, 0) is 30.5 Å². The van der Waals surface area contributed by atoms with Crippen LogP contribution in [0.25, 0.3) is 0 Å². The van der Waals surface area contributed by atoms with Crippen molar-refractivity contribution < 1.29 is 31.8 Å². The fourth-order valence-corrected chi connectivity index (χ4v) is 3.80. The van der Waals surface area contributed by atoms with Crippen LogP contribution in [0.3, 0.4) is 0 Å². The molecule has 0 N–H and O–H groups in total. The van der Waals surface area contributed by atoms with Crippen LogP contribution in [0.1, 0.15) is 23.5 Å². The summed E-state index contributed by atoms with van der Waals surface area (Å²) >= 11 is 0. The second kappa shape index (κ2) is 5.47. The monoisotopic (exact) mass is 332 g/mol. The van der Waals surface area contributed by atoms with E-state index in [4.69, 9.17) is 9.47 Å². The van der Waals surface area contributed by atoms with Gasteiger partial charge in [-0.3, -0.25) is 4.79 Å². The zero-order chi connectivity index (χ0) is 16.9. The second-order valence-electron chi connectivity index (χ2n) is 6.11. The van der Waals surface area contributed by atoms with Crippen LogP contribution in [0.15, 0.2) is 12.1 Å². The van der Waals surface area contributed by atoms with E-state index >= 15 is 0 Å². The Hall–Kier alpha value is -1.63. The summed E-state index contributed by atoms with van der Waals surface area (Å²) < 4.78 is 65.1. The Morgan fingerprint density at radius 1 is 1.35 bits per heavy atom. The first-order valence-electron chi connectivity index (χ1n) is 7.29. The zero-order valence-electron chi connectivity index (χ0n) is 12.6. The van der Waals surface area contributed by atoms with Crippen LogP contribution in [0, 0.1) is 30.4 Å². The van der Waals surface area contributed by atoms with E-state index in [9.17, 15) is 22.4 Å². The smallest absolute Gasteiger partial charge is 0.309 e. The highest BCUT2D eigenvalue weighted by Gasteiger charge is 2.62. The number of carbonyl (C=O) groups excluding carboxylic acids is 1. The Balaban J connectivity index is 2.07. The van der Waals surface area contributed by atoms with Crippen molar-refractivity contribution in [3.8, 4) is 0 Å². The number of hydrogen-bond acceptors (Lipinski definition) is 3. The number of fused-ring (bicyclic) bond motifs is 1. The van der Waals surface area contributed by atoms with Crippen LogP contribution in [0.5, 0.6) is 0 Å². The minimum Gasteiger partial charge on any atom is -0.469 e. The standard InChI is InChI=1S/C16H16F4O3/c1-7-8(3-4-11(17)13(7)18)12-9(15(21)22-2)5-10-14(12)23-6-16(10,19)20/h3-4,9-10,12,14H,5-6H2,1-2H3/t9-,10+,12+,14+/m0/s1. The number of ether oxygens (including phenoxy) is 2. The zero-order valence-corrected chi connectivity index (χ0v) is 12.6. The van der Waals surface area contributed by atoms with Crippen LogP contribution < -0.4 is 0 Å². The van der Waals surface area contributed by atoms with Gasteiger partial charge in [0.15, 0.2) is 11.6 Å². The van der Waals surface area contributed by atoms with Crippen molar-refractivity contribution in [2.24, 2.45) is 11.8 Å². The fourth-order valence-electron chi connectivity index (χ4n) is 3.80. The highest BCUT2D eigenvalue weighted by Crippen LogP contribution is 2.55. The van der Waals surface area contributed by atoms with Crippen LogP contribution in [0.4, 0.5) is 17.6 Å². The average Bonchev–Trinajstić information content (AvgIpc) is 3.03. The lowest BCUT2D eigenvalue weighted by Gasteiger charge is -2.24. The molecule has 23 heavy (non-hydrogen) atoms. The molecule has 0 unspecified atom stereocenters. The van der Waals surface area contributed by atoms with E-state index in [0.29, 0.717) is 5.56 Å². The number of alkyl halides is 2. The van der Waals surface area contributed by atoms with Crippen LogP contribution in [-0.4, -0.2) is 31.7 Å². The van der Waals surface area contributed by atoms with E-state index in [2.05, 4.69) is 0 Å². The minimum absolute atomic E-state index is 0.00312. The van der Waals surface area contributed by atoms with Crippen molar-refractivity contribution in [1.82, 2.24) is 0 Å². The first-order chi connectivity index (χ1) is 10.8. The number of rotatable bonds is 2. The summed E-state index contributed by atoms with van der Waals surface area (Å²) in [6, 6.07) is 2.27. The largest absolute Gasteiger partial charge is 0.469 e. The number of hydrogen-bond donors (Lipinski definition) is 0. The molecule has 0 amide bonds. The fraction of sp³-hybridized carbons (Fsp3) is 0.562. The Labute approximate surface area is 130 Å². The number of halogens is 4. The maximum absolute atomic E-state index is 14.0. The summed E-state index contributed by atoms with van der Waals surface area (Å²) in [7, 11) is 1.17. The molecule has 7 heteroatoms. The predicted molar refractivity (Wildman–Crippen MR) is 72.1 cm³/mol. The third-order valence-electron chi connectivity index (χ3n) is 4.95. The lowest BCUT2D eigenvalue weighted by molar-refractivity contribution is -0.147. The molecule has 1 saturated carbocycles. The average molecular weight is 332 g/mol. The van der Waals surface area contributed by atoms with Gasteiger partial charge in [0.05, 0.1) is 25.0 Å². The SMILES string of the molecule is COC(=O)[C@H]1C[C@@H]2[C@@H](OCC2(F)F)[C@@H]1c1ccc(F)c(F)c1C. The highest BCUT2D eigenvalue weighted by molar-refractivity contribution is 5.74. The van der Waals surface area contributed by atoms with E-state index < -0.39 is 54.0 Å². The summed E-state index contributed by atoms with van der Waals surface area (Å²) in [6.45, 7) is 0.637. The molecule has 0 bridgehead atoms. The Morgan fingerprint density at radius 2 is 2.04 bits per heavy atom. The molecule has 1 aliphatic heterocycles. The third-order valence-corrected chi connectivity index (χ3v) is 4.95. The lowest BCUT2D eigenvalue weighted by atomic mass is 9.84. The van der Waals surface area contributed by atoms with Crippen molar-refractivity contribution in [1.29, 1.82) is 0 Å². The molecule has 0 radical (unpaired) electrons. The van der Waals surface area contributed by atoms with Crippen LogP contribution >= 0.6 is 0 Å². The van der Waals surface area contributed by atoms with Gasteiger partial charge >= 0.3 is 5.97 Å². The lowest BCUT2D eigenvalue weighted by Crippen LogP contribution is -2.27. The molecule has 1 saturated heterocycles. The first kappa shape index (κ1) is 16.2. The molecule has 0 spiro atoms. The molecule has 126 valence electrons. The number of carbonyl (C=O) groups is 1. The molecule has 3 nitrogen and oxygen atoms in total. The van der Waals surface area contributed by atoms with Gasteiger partial charge in [-0.2, -0.15) is 0 Å². The van der Waals surface area contributed by atoms with Gasteiger partial charge < -0.3 is 9.47 Å². The van der Waals surface area contributed by atoms with E-state index in [-0.39, 0.29) is 12.0 Å². The van der Waals surface area contributed by atoms with E-state index in [1.807, 2.05) is 0 Å². The van der Waals surface area contributed by atoms with E-state index in [0.717, 1.165) is 6.07 Å². The summed E-state index contributed by atoms with van der Waals surface area (Å²) in [4.78, 5) is 12.0. The summed E-state index contributed by atoms with van der Waals surface area (Å²) in [5.41, 5.74) is 0.313. The topological polar surface area (TPSA) is 35.5 Å². The van der Waals surface area contributed by atoms with Gasteiger partial charge in [0.2, 0.25) is 0 Å². The number of methoxy groups -OCH3 is 1. The Kier molecular flexibility index (Phi) is 3.86. The van der Waals surface area contributed by atoms with Crippen LogP contribution in [0.2, 0.25) is 0 Å². The predicted octanol–water partition coefficient (Wildman–Crippen LogP) is 3.20. The maximum Gasteiger partial charge on any atom is 0.309 e. The first-order valence-corrected chi connectivity index (χ1v) is 7.29. The quantitative estimate of drug-likeness (QED) is 0.616.